The van der Waals surface area contributed by atoms with E-state index in [1.165, 1.54) is 12.8 Å². The molecule has 1 saturated carbocycles. The smallest absolute Gasteiger partial charge is 0.226 e. The van der Waals surface area contributed by atoms with Crippen LogP contribution in [0.2, 0.25) is 0 Å². The molecule has 1 aliphatic heterocycles. The SMILES string of the molecule is CC1CCCC1C(=O)N1CC(N)C1. The Balaban J connectivity index is 1.89. The van der Waals surface area contributed by atoms with Gasteiger partial charge in [-0.15, -0.1) is 0 Å². The number of hydrogen-bond acceptors (Lipinski definition) is 2. The molecule has 1 amide bonds. The summed E-state index contributed by atoms with van der Waals surface area (Å²) in [7, 11) is 0. The van der Waals surface area contributed by atoms with Crippen LogP contribution >= 0.6 is 0 Å². The standard InChI is InChI=1S/C10H18N2O/c1-7-3-2-4-9(7)10(13)12-5-8(11)6-12/h7-9H,2-6,11H2,1H3. The Bertz CT molecular complexity index is 211. The summed E-state index contributed by atoms with van der Waals surface area (Å²) in [6.07, 6.45) is 3.53. The number of hydrogen-bond donors (Lipinski definition) is 1. The molecule has 2 aliphatic rings. The Morgan fingerprint density at radius 1 is 1.38 bits per heavy atom. The van der Waals surface area contributed by atoms with Crippen LogP contribution in [0, 0.1) is 11.8 Å². The number of carbonyl (C=O) groups excluding carboxylic acids is 1. The average molecular weight is 182 g/mol. The molecule has 0 spiro atoms. The van der Waals surface area contributed by atoms with Gasteiger partial charge in [-0.2, -0.15) is 0 Å². The van der Waals surface area contributed by atoms with Crippen LogP contribution < -0.4 is 5.73 Å². The highest BCUT2D eigenvalue weighted by molar-refractivity contribution is 5.80. The van der Waals surface area contributed by atoms with E-state index >= 15 is 0 Å². The molecule has 1 aliphatic carbocycles. The molecule has 3 nitrogen and oxygen atoms in total. The maximum absolute atomic E-state index is 11.9. The number of amides is 1. The first-order chi connectivity index (χ1) is 6.18. The van der Waals surface area contributed by atoms with Crippen molar-refractivity contribution in [3.05, 3.63) is 0 Å². The summed E-state index contributed by atoms with van der Waals surface area (Å²) in [5.74, 6) is 1.24. The van der Waals surface area contributed by atoms with Crippen molar-refractivity contribution in [2.45, 2.75) is 32.2 Å². The Morgan fingerprint density at radius 2 is 2.08 bits per heavy atom. The molecule has 3 heteroatoms. The average Bonchev–Trinajstić information content (AvgIpc) is 2.44. The number of likely N-dealkylation sites (tertiary alicyclic amines) is 1. The number of nitrogens with two attached hydrogens (primary N) is 1. The Hall–Kier alpha value is -0.570. The third kappa shape index (κ3) is 1.57. The molecule has 0 radical (unpaired) electrons. The minimum Gasteiger partial charge on any atom is -0.339 e. The number of carbonyl (C=O) groups is 1. The summed E-state index contributed by atoms with van der Waals surface area (Å²) in [4.78, 5) is 13.8. The number of nitrogens with zero attached hydrogens (tertiary/aromatic N) is 1. The molecule has 0 aromatic carbocycles. The van der Waals surface area contributed by atoms with E-state index in [0.717, 1.165) is 19.5 Å². The van der Waals surface area contributed by atoms with Crippen molar-refractivity contribution in [3.63, 3.8) is 0 Å². The van der Waals surface area contributed by atoms with E-state index in [4.69, 9.17) is 5.73 Å². The summed E-state index contributed by atoms with van der Waals surface area (Å²) in [5.41, 5.74) is 5.65. The molecule has 1 heterocycles. The van der Waals surface area contributed by atoms with E-state index in [1.807, 2.05) is 4.90 Å². The van der Waals surface area contributed by atoms with Crippen LogP contribution in [0.1, 0.15) is 26.2 Å². The molecule has 2 fully saturated rings. The summed E-state index contributed by atoms with van der Waals surface area (Å²) in [5, 5.41) is 0. The maximum Gasteiger partial charge on any atom is 0.226 e. The fourth-order valence-corrected chi connectivity index (χ4v) is 2.44. The van der Waals surface area contributed by atoms with Gasteiger partial charge in [0, 0.05) is 25.0 Å². The topological polar surface area (TPSA) is 46.3 Å². The molecule has 2 unspecified atom stereocenters. The van der Waals surface area contributed by atoms with Gasteiger partial charge in [0.1, 0.15) is 0 Å². The summed E-state index contributed by atoms with van der Waals surface area (Å²) in [6.45, 7) is 3.75. The zero-order chi connectivity index (χ0) is 9.42. The van der Waals surface area contributed by atoms with Crippen LogP contribution in [0.5, 0.6) is 0 Å². The molecule has 2 atom stereocenters. The van der Waals surface area contributed by atoms with E-state index in [1.54, 1.807) is 0 Å². The molecular formula is C10H18N2O. The van der Waals surface area contributed by atoms with Crippen molar-refractivity contribution in [2.24, 2.45) is 17.6 Å². The van der Waals surface area contributed by atoms with Crippen LogP contribution in [0.15, 0.2) is 0 Å². The fraction of sp³-hybridized carbons (Fsp3) is 0.900. The van der Waals surface area contributed by atoms with Gasteiger partial charge in [0.15, 0.2) is 0 Å². The van der Waals surface area contributed by atoms with Gasteiger partial charge in [-0.25, -0.2) is 0 Å². The predicted molar refractivity (Wildman–Crippen MR) is 51.1 cm³/mol. The fourth-order valence-electron chi connectivity index (χ4n) is 2.44. The zero-order valence-corrected chi connectivity index (χ0v) is 8.20. The van der Waals surface area contributed by atoms with E-state index < -0.39 is 0 Å². The lowest BCUT2D eigenvalue weighted by Gasteiger charge is -2.39. The van der Waals surface area contributed by atoms with Crippen molar-refractivity contribution < 1.29 is 4.79 Å². The first-order valence-electron chi connectivity index (χ1n) is 5.23. The summed E-state index contributed by atoms with van der Waals surface area (Å²) >= 11 is 0. The van der Waals surface area contributed by atoms with Gasteiger partial charge in [-0.05, 0) is 18.8 Å². The minimum atomic E-state index is 0.237. The molecule has 0 aromatic heterocycles. The van der Waals surface area contributed by atoms with Gasteiger partial charge < -0.3 is 10.6 Å². The second-order valence-corrected chi connectivity index (χ2v) is 4.52. The lowest BCUT2D eigenvalue weighted by molar-refractivity contribution is -0.140. The molecule has 2 rings (SSSR count). The van der Waals surface area contributed by atoms with E-state index in [2.05, 4.69) is 6.92 Å². The maximum atomic E-state index is 11.9. The van der Waals surface area contributed by atoms with Crippen molar-refractivity contribution in [2.75, 3.05) is 13.1 Å². The molecule has 1 saturated heterocycles. The second-order valence-electron chi connectivity index (χ2n) is 4.52. The van der Waals surface area contributed by atoms with Gasteiger partial charge in [0.2, 0.25) is 5.91 Å². The molecule has 0 aromatic rings. The Morgan fingerprint density at radius 3 is 2.54 bits per heavy atom. The first kappa shape index (κ1) is 9.00. The molecule has 0 bridgehead atoms. The molecule has 13 heavy (non-hydrogen) atoms. The van der Waals surface area contributed by atoms with Crippen LogP contribution in [0.3, 0.4) is 0 Å². The van der Waals surface area contributed by atoms with Crippen LogP contribution in [-0.4, -0.2) is 29.9 Å². The van der Waals surface area contributed by atoms with Crippen molar-refractivity contribution in [3.8, 4) is 0 Å². The van der Waals surface area contributed by atoms with E-state index in [0.29, 0.717) is 17.7 Å². The third-order valence-corrected chi connectivity index (χ3v) is 3.40. The van der Waals surface area contributed by atoms with Crippen molar-refractivity contribution in [1.82, 2.24) is 4.90 Å². The lowest BCUT2D eigenvalue weighted by Crippen LogP contribution is -2.59. The van der Waals surface area contributed by atoms with Crippen LogP contribution in [0.25, 0.3) is 0 Å². The van der Waals surface area contributed by atoms with Crippen LogP contribution in [-0.2, 0) is 4.79 Å². The highest BCUT2D eigenvalue weighted by atomic mass is 16.2. The Labute approximate surface area is 79.3 Å². The van der Waals surface area contributed by atoms with Gasteiger partial charge in [0.25, 0.3) is 0 Å². The van der Waals surface area contributed by atoms with Crippen molar-refractivity contribution >= 4 is 5.91 Å². The van der Waals surface area contributed by atoms with Gasteiger partial charge >= 0.3 is 0 Å². The third-order valence-electron chi connectivity index (χ3n) is 3.40. The minimum absolute atomic E-state index is 0.237. The molecular weight excluding hydrogens is 164 g/mol. The largest absolute Gasteiger partial charge is 0.339 e. The first-order valence-corrected chi connectivity index (χ1v) is 5.23. The monoisotopic (exact) mass is 182 g/mol. The lowest BCUT2D eigenvalue weighted by atomic mass is 9.94. The van der Waals surface area contributed by atoms with Crippen molar-refractivity contribution in [1.29, 1.82) is 0 Å². The van der Waals surface area contributed by atoms with E-state index in [9.17, 15) is 4.79 Å². The van der Waals surface area contributed by atoms with E-state index in [-0.39, 0.29) is 6.04 Å². The molecule has 74 valence electrons. The van der Waals surface area contributed by atoms with Gasteiger partial charge in [0.05, 0.1) is 0 Å². The van der Waals surface area contributed by atoms with Crippen LogP contribution in [0.4, 0.5) is 0 Å². The normalized spacial score (nSPS) is 34.8. The Kier molecular flexibility index (Phi) is 2.28. The summed E-state index contributed by atoms with van der Waals surface area (Å²) in [6, 6.07) is 0.237. The van der Waals surface area contributed by atoms with Gasteiger partial charge in [-0.1, -0.05) is 13.3 Å². The van der Waals surface area contributed by atoms with Gasteiger partial charge in [-0.3, -0.25) is 4.79 Å². The quantitative estimate of drug-likeness (QED) is 0.645. The highest BCUT2D eigenvalue weighted by Gasteiger charge is 2.36. The highest BCUT2D eigenvalue weighted by Crippen LogP contribution is 2.33. The summed E-state index contributed by atoms with van der Waals surface area (Å²) < 4.78 is 0. The second kappa shape index (κ2) is 3.29. The predicted octanol–water partition coefficient (Wildman–Crippen LogP) is 0.592. The number of rotatable bonds is 1. The molecule has 2 N–H and O–H groups in total. The zero-order valence-electron chi connectivity index (χ0n) is 8.20.